The van der Waals surface area contributed by atoms with Crippen LogP contribution >= 0.6 is 0 Å². The van der Waals surface area contributed by atoms with E-state index in [1.807, 2.05) is 12.1 Å². The van der Waals surface area contributed by atoms with Crippen LogP contribution in [0.5, 0.6) is 5.75 Å². The van der Waals surface area contributed by atoms with Gasteiger partial charge in [-0.1, -0.05) is 12.8 Å². The van der Waals surface area contributed by atoms with Gasteiger partial charge in [0.15, 0.2) is 0 Å². The van der Waals surface area contributed by atoms with Crippen molar-refractivity contribution in [3.63, 3.8) is 0 Å². The zero-order valence-electron chi connectivity index (χ0n) is 8.16. The van der Waals surface area contributed by atoms with E-state index in [9.17, 15) is 5.11 Å². The molecule has 0 saturated heterocycles. The summed E-state index contributed by atoms with van der Waals surface area (Å²) in [6.07, 6.45) is 5.22. The van der Waals surface area contributed by atoms with Gasteiger partial charge in [0.2, 0.25) is 0 Å². The second-order valence-corrected chi connectivity index (χ2v) is 4.41. The number of hydrogen-bond acceptors (Lipinski definition) is 2. The fourth-order valence-corrected chi connectivity index (χ4v) is 2.86. The molecule has 1 heterocycles. The molecule has 2 aliphatic rings. The van der Waals surface area contributed by atoms with Crippen LogP contribution in [0.2, 0.25) is 0 Å². The number of phenolic OH excluding ortho intramolecular Hbond substituents is 1. The molecule has 3 rings (SSSR count). The number of rotatable bonds is 0. The van der Waals surface area contributed by atoms with Crippen molar-refractivity contribution in [2.75, 3.05) is 5.32 Å². The van der Waals surface area contributed by atoms with E-state index in [-0.39, 0.29) is 0 Å². The predicted molar refractivity (Wildman–Crippen MR) is 56.7 cm³/mol. The molecule has 0 radical (unpaired) electrons. The van der Waals surface area contributed by atoms with Crippen molar-refractivity contribution in [3.8, 4) is 5.75 Å². The van der Waals surface area contributed by atoms with Crippen molar-refractivity contribution in [3.05, 3.63) is 23.8 Å². The number of hydrogen-bond donors (Lipinski definition) is 2. The summed E-state index contributed by atoms with van der Waals surface area (Å²) in [6, 6.07) is 6.32. The van der Waals surface area contributed by atoms with Crippen LogP contribution in [0.15, 0.2) is 18.2 Å². The van der Waals surface area contributed by atoms with Crippen molar-refractivity contribution in [2.24, 2.45) is 0 Å². The van der Waals surface area contributed by atoms with Crippen molar-refractivity contribution in [1.82, 2.24) is 0 Å². The van der Waals surface area contributed by atoms with E-state index in [1.54, 1.807) is 6.07 Å². The Hall–Kier alpha value is -1.18. The quantitative estimate of drug-likeness (QED) is 0.615. The third-order valence-corrected chi connectivity index (χ3v) is 3.54. The van der Waals surface area contributed by atoms with Gasteiger partial charge < -0.3 is 10.4 Å². The number of phenols is 1. The molecule has 1 aromatic rings. The summed E-state index contributed by atoms with van der Waals surface area (Å²) >= 11 is 0. The highest BCUT2D eigenvalue weighted by Gasteiger charge is 2.33. The Morgan fingerprint density at radius 1 is 1.21 bits per heavy atom. The fraction of sp³-hybridized carbons (Fsp3) is 0.500. The van der Waals surface area contributed by atoms with Crippen LogP contribution in [0.25, 0.3) is 0 Å². The molecule has 1 aliphatic heterocycles. The lowest BCUT2D eigenvalue weighted by atomic mass is 9.83. The molecule has 0 bridgehead atoms. The molecule has 1 aromatic carbocycles. The van der Waals surface area contributed by atoms with Gasteiger partial charge in [-0.15, -0.1) is 0 Å². The standard InChI is InChI=1S/C12H15NO/c14-8-5-6-12-10(7-8)9-3-1-2-4-11(9)13-12/h5-7,9,11,13-14H,1-4H2. The Morgan fingerprint density at radius 3 is 3.00 bits per heavy atom. The summed E-state index contributed by atoms with van der Waals surface area (Å²) in [5.41, 5.74) is 2.56. The maximum Gasteiger partial charge on any atom is 0.116 e. The van der Waals surface area contributed by atoms with E-state index in [1.165, 1.54) is 36.9 Å². The van der Waals surface area contributed by atoms with E-state index in [0.717, 1.165) is 0 Å². The topological polar surface area (TPSA) is 32.3 Å². The van der Waals surface area contributed by atoms with Crippen molar-refractivity contribution >= 4 is 5.69 Å². The van der Waals surface area contributed by atoms with Gasteiger partial charge >= 0.3 is 0 Å². The van der Waals surface area contributed by atoms with Gasteiger partial charge in [-0.3, -0.25) is 0 Å². The molecular weight excluding hydrogens is 174 g/mol. The number of nitrogens with one attached hydrogen (secondary N) is 1. The van der Waals surface area contributed by atoms with E-state index in [4.69, 9.17) is 0 Å². The zero-order valence-corrected chi connectivity index (χ0v) is 8.16. The van der Waals surface area contributed by atoms with Gasteiger partial charge in [-0.05, 0) is 36.6 Å². The Bertz CT molecular complexity index is 361. The van der Waals surface area contributed by atoms with Gasteiger partial charge in [0.1, 0.15) is 5.75 Å². The van der Waals surface area contributed by atoms with Crippen LogP contribution < -0.4 is 5.32 Å². The number of anilines is 1. The highest BCUT2D eigenvalue weighted by Crippen LogP contribution is 2.44. The minimum Gasteiger partial charge on any atom is -0.508 e. The first-order chi connectivity index (χ1) is 6.84. The molecule has 1 aliphatic carbocycles. The van der Waals surface area contributed by atoms with Crippen LogP contribution in [0.3, 0.4) is 0 Å². The lowest BCUT2D eigenvalue weighted by Crippen LogP contribution is -2.23. The Morgan fingerprint density at radius 2 is 2.07 bits per heavy atom. The van der Waals surface area contributed by atoms with Gasteiger partial charge in [0.25, 0.3) is 0 Å². The summed E-state index contributed by atoms with van der Waals surface area (Å²) in [5.74, 6) is 1.04. The Balaban J connectivity index is 2.02. The predicted octanol–water partition coefficient (Wildman–Crippen LogP) is 2.84. The van der Waals surface area contributed by atoms with E-state index < -0.39 is 0 Å². The largest absolute Gasteiger partial charge is 0.508 e. The smallest absolute Gasteiger partial charge is 0.116 e. The highest BCUT2D eigenvalue weighted by atomic mass is 16.3. The van der Waals surface area contributed by atoms with Crippen molar-refractivity contribution in [1.29, 1.82) is 0 Å². The van der Waals surface area contributed by atoms with Crippen molar-refractivity contribution < 1.29 is 5.11 Å². The van der Waals surface area contributed by atoms with Gasteiger partial charge in [0.05, 0.1) is 0 Å². The monoisotopic (exact) mass is 189 g/mol. The first kappa shape index (κ1) is 8.16. The first-order valence-corrected chi connectivity index (χ1v) is 5.44. The molecule has 2 atom stereocenters. The van der Waals surface area contributed by atoms with E-state index >= 15 is 0 Å². The summed E-state index contributed by atoms with van der Waals surface area (Å²) in [4.78, 5) is 0. The molecule has 2 N–H and O–H groups in total. The van der Waals surface area contributed by atoms with Crippen molar-refractivity contribution in [2.45, 2.75) is 37.6 Å². The van der Waals surface area contributed by atoms with Crippen LogP contribution in [0.1, 0.15) is 37.2 Å². The Kier molecular flexibility index (Phi) is 1.69. The van der Waals surface area contributed by atoms with Gasteiger partial charge in [-0.2, -0.15) is 0 Å². The molecular formula is C12H15NO. The molecule has 1 saturated carbocycles. The molecule has 74 valence electrons. The SMILES string of the molecule is Oc1ccc2c(c1)C1CCCCC1N2. The normalized spacial score (nSPS) is 29.1. The summed E-state index contributed by atoms with van der Waals surface area (Å²) < 4.78 is 0. The lowest BCUT2D eigenvalue weighted by Gasteiger charge is -2.25. The van der Waals surface area contributed by atoms with Crippen LogP contribution in [-0.2, 0) is 0 Å². The summed E-state index contributed by atoms with van der Waals surface area (Å²) in [7, 11) is 0. The molecule has 0 spiro atoms. The maximum absolute atomic E-state index is 9.46. The highest BCUT2D eigenvalue weighted by molar-refractivity contribution is 5.61. The molecule has 2 unspecified atom stereocenters. The van der Waals surface area contributed by atoms with Crippen LogP contribution in [0, 0.1) is 0 Å². The third-order valence-electron chi connectivity index (χ3n) is 3.54. The van der Waals surface area contributed by atoms with Crippen LogP contribution in [0.4, 0.5) is 5.69 Å². The molecule has 0 amide bonds. The average Bonchev–Trinajstić information content (AvgIpc) is 2.56. The second kappa shape index (κ2) is 2.91. The summed E-state index contributed by atoms with van der Waals surface area (Å²) in [6.45, 7) is 0. The number of aromatic hydroxyl groups is 1. The second-order valence-electron chi connectivity index (χ2n) is 4.41. The molecule has 2 heteroatoms. The van der Waals surface area contributed by atoms with Gasteiger partial charge in [-0.25, -0.2) is 0 Å². The molecule has 2 nitrogen and oxygen atoms in total. The third kappa shape index (κ3) is 1.10. The number of benzene rings is 1. The maximum atomic E-state index is 9.46. The lowest BCUT2D eigenvalue weighted by molar-refractivity contribution is 0.420. The molecule has 14 heavy (non-hydrogen) atoms. The fourth-order valence-electron chi connectivity index (χ4n) is 2.86. The van der Waals surface area contributed by atoms with E-state index in [2.05, 4.69) is 5.32 Å². The zero-order chi connectivity index (χ0) is 9.54. The van der Waals surface area contributed by atoms with E-state index in [0.29, 0.717) is 17.7 Å². The van der Waals surface area contributed by atoms with Crippen LogP contribution in [-0.4, -0.2) is 11.1 Å². The Labute approximate surface area is 84.0 Å². The molecule has 1 fully saturated rings. The minimum absolute atomic E-state index is 0.400. The summed E-state index contributed by atoms with van der Waals surface area (Å²) in [5, 5.41) is 13.0. The van der Waals surface area contributed by atoms with Gasteiger partial charge in [0, 0.05) is 17.6 Å². The average molecular weight is 189 g/mol. The molecule has 0 aromatic heterocycles. The first-order valence-electron chi connectivity index (χ1n) is 5.44. The number of fused-ring (bicyclic) bond motifs is 3. The minimum atomic E-state index is 0.400.